The average Bonchev–Trinajstić information content (AvgIpc) is 3.15. The first-order valence-electron chi connectivity index (χ1n) is 11.7. The van der Waals surface area contributed by atoms with Crippen LogP contribution in [0, 0.1) is 24.7 Å². The van der Waals surface area contributed by atoms with Gasteiger partial charge in [-0.15, -0.1) is 11.8 Å². The maximum absolute atomic E-state index is 10.2. The van der Waals surface area contributed by atoms with E-state index in [4.69, 9.17) is 0 Å². The van der Waals surface area contributed by atoms with Crippen LogP contribution in [0.25, 0.3) is 5.57 Å². The fourth-order valence-corrected chi connectivity index (χ4v) is 6.73. The number of benzene rings is 2. The van der Waals surface area contributed by atoms with Gasteiger partial charge in [0, 0.05) is 4.90 Å². The molecule has 0 radical (unpaired) electrons. The Hall–Kier alpha value is -1.71. The molecule has 3 aliphatic carbocycles. The lowest BCUT2D eigenvalue weighted by Gasteiger charge is -2.44. The SMILES string of the molecule is C=C(C)c1ccc(C)cc1.CSc1cc2c(cc1O)CCC1C2CCC2C(O)CCC21. The van der Waals surface area contributed by atoms with Crippen molar-refractivity contribution >= 4 is 17.3 Å². The quantitative estimate of drug-likeness (QED) is 0.499. The van der Waals surface area contributed by atoms with Crippen molar-refractivity contribution in [1.29, 1.82) is 0 Å². The number of phenolic OH excluding ortho intramolecular Hbond substituents is 1. The molecule has 5 atom stereocenters. The standard InChI is InChI=1S/C18H24O2S.C10H12/c1-21-18-9-15-10(8-17(18)20)2-3-11-12-6-7-16(19)14(12)5-4-13(11)15;1-8(2)10-6-4-9(3)5-7-10/h8-9,11-14,16,19-20H,2-7H2,1H3;4-7H,1H2,2-3H3. The third kappa shape index (κ3) is 4.59. The second kappa shape index (κ2) is 9.42. The average molecular weight is 437 g/mol. The number of fused-ring (bicyclic) bond motifs is 5. The van der Waals surface area contributed by atoms with Crippen LogP contribution in [0.3, 0.4) is 0 Å². The first kappa shape index (κ1) is 22.5. The summed E-state index contributed by atoms with van der Waals surface area (Å²) in [7, 11) is 0. The first-order chi connectivity index (χ1) is 14.9. The molecule has 2 aromatic rings. The highest BCUT2D eigenvalue weighted by molar-refractivity contribution is 7.98. The molecular weight excluding hydrogens is 400 g/mol. The molecule has 2 aromatic carbocycles. The Labute approximate surface area is 191 Å². The van der Waals surface area contributed by atoms with Gasteiger partial charge >= 0.3 is 0 Å². The van der Waals surface area contributed by atoms with Gasteiger partial charge in [-0.3, -0.25) is 0 Å². The normalized spacial score (nSPS) is 28.6. The van der Waals surface area contributed by atoms with Gasteiger partial charge in [-0.1, -0.05) is 42.0 Å². The van der Waals surface area contributed by atoms with Crippen LogP contribution in [-0.4, -0.2) is 22.6 Å². The number of aliphatic hydroxyl groups is 1. The number of rotatable bonds is 2. The molecule has 31 heavy (non-hydrogen) atoms. The van der Waals surface area contributed by atoms with Crippen molar-refractivity contribution in [3.05, 3.63) is 65.2 Å². The number of aryl methyl sites for hydroxylation is 2. The largest absolute Gasteiger partial charge is 0.507 e. The van der Waals surface area contributed by atoms with Crippen LogP contribution in [0.4, 0.5) is 0 Å². The Morgan fingerprint density at radius 1 is 0.968 bits per heavy atom. The number of aliphatic hydroxyl groups excluding tert-OH is 1. The summed E-state index contributed by atoms with van der Waals surface area (Å²) in [5, 5.41) is 20.3. The zero-order valence-corrected chi connectivity index (χ0v) is 19.9. The summed E-state index contributed by atoms with van der Waals surface area (Å²) in [5.41, 5.74) is 6.51. The smallest absolute Gasteiger partial charge is 0.129 e. The molecule has 0 saturated heterocycles. The number of hydrogen-bond acceptors (Lipinski definition) is 3. The van der Waals surface area contributed by atoms with Crippen molar-refractivity contribution in [1.82, 2.24) is 0 Å². The maximum atomic E-state index is 10.2. The molecule has 3 heteroatoms. The first-order valence-corrected chi connectivity index (χ1v) is 12.9. The predicted molar refractivity (Wildman–Crippen MR) is 132 cm³/mol. The molecule has 0 amide bonds. The number of allylic oxidation sites excluding steroid dienone is 1. The third-order valence-corrected chi connectivity index (χ3v) is 8.62. The van der Waals surface area contributed by atoms with E-state index in [0.29, 0.717) is 17.6 Å². The number of thioether (sulfide) groups is 1. The lowest BCUT2D eigenvalue weighted by atomic mass is 9.61. The molecule has 2 saturated carbocycles. The van der Waals surface area contributed by atoms with E-state index in [1.54, 1.807) is 11.8 Å². The van der Waals surface area contributed by atoms with E-state index < -0.39 is 0 Å². The molecular formula is C28H36O2S. The minimum atomic E-state index is -0.0427. The minimum Gasteiger partial charge on any atom is -0.507 e. The van der Waals surface area contributed by atoms with Crippen molar-refractivity contribution < 1.29 is 10.2 Å². The fourth-order valence-electron chi connectivity index (χ4n) is 6.21. The van der Waals surface area contributed by atoms with Gasteiger partial charge in [-0.05, 0) is 111 Å². The monoisotopic (exact) mass is 436 g/mol. The van der Waals surface area contributed by atoms with Gasteiger partial charge in [0.15, 0.2) is 0 Å². The van der Waals surface area contributed by atoms with E-state index in [9.17, 15) is 10.2 Å². The highest BCUT2D eigenvalue weighted by atomic mass is 32.2. The lowest BCUT2D eigenvalue weighted by molar-refractivity contribution is 0.0565. The van der Waals surface area contributed by atoms with Crippen molar-refractivity contribution in [2.24, 2.45) is 17.8 Å². The van der Waals surface area contributed by atoms with Crippen LogP contribution in [0.15, 0.2) is 47.9 Å². The Morgan fingerprint density at radius 2 is 1.68 bits per heavy atom. The summed E-state index contributed by atoms with van der Waals surface area (Å²) in [5.74, 6) is 3.16. The van der Waals surface area contributed by atoms with Gasteiger partial charge < -0.3 is 10.2 Å². The van der Waals surface area contributed by atoms with Crippen LogP contribution < -0.4 is 0 Å². The molecule has 0 aromatic heterocycles. The van der Waals surface area contributed by atoms with E-state index >= 15 is 0 Å². The molecule has 166 valence electrons. The Bertz CT molecular complexity index is 933. The van der Waals surface area contributed by atoms with Crippen LogP contribution in [0.5, 0.6) is 5.75 Å². The minimum absolute atomic E-state index is 0.0427. The maximum Gasteiger partial charge on any atom is 0.129 e. The molecule has 0 bridgehead atoms. The molecule has 0 aliphatic heterocycles. The van der Waals surface area contributed by atoms with E-state index in [0.717, 1.165) is 35.1 Å². The van der Waals surface area contributed by atoms with Crippen LogP contribution in [0.2, 0.25) is 0 Å². The summed E-state index contributed by atoms with van der Waals surface area (Å²) in [6.07, 6.45) is 8.95. The summed E-state index contributed by atoms with van der Waals surface area (Å²) in [6.45, 7) is 7.96. The van der Waals surface area contributed by atoms with E-state index in [-0.39, 0.29) is 6.10 Å². The zero-order chi connectivity index (χ0) is 22.1. The van der Waals surface area contributed by atoms with E-state index in [1.807, 2.05) is 19.2 Å². The number of aromatic hydroxyl groups is 1. The summed E-state index contributed by atoms with van der Waals surface area (Å²) in [4.78, 5) is 1.02. The molecule has 5 rings (SSSR count). The lowest BCUT2D eigenvalue weighted by Crippen LogP contribution is -2.36. The van der Waals surface area contributed by atoms with Crippen molar-refractivity contribution in [2.45, 2.75) is 69.3 Å². The number of phenols is 1. The van der Waals surface area contributed by atoms with Gasteiger partial charge in [-0.25, -0.2) is 0 Å². The molecule has 3 aliphatic rings. The van der Waals surface area contributed by atoms with Crippen molar-refractivity contribution in [3.63, 3.8) is 0 Å². The summed E-state index contributed by atoms with van der Waals surface area (Å²) < 4.78 is 0. The van der Waals surface area contributed by atoms with Gasteiger partial charge in [0.1, 0.15) is 5.75 Å². The van der Waals surface area contributed by atoms with E-state index in [1.165, 1.54) is 47.9 Å². The fraction of sp³-hybridized carbons (Fsp3) is 0.500. The van der Waals surface area contributed by atoms with E-state index in [2.05, 4.69) is 43.8 Å². The van der Waals surface area contributed by atoms with Crippen LogP contribution >= 0.6 is 11.8 Å². The van der Waals surface area contributed by atoms with Crippen LogP contribution in [0.1, 0.15) is 67.2 Å². The summed E-state index contributed by atoms with van der Waals surface area (Å²) >= 11 is 1.64. The second-order valence-electron chi connectivity index (χ2n) is 9.73. The topological polar surface area (TPSA) is 40.5 Å². The third-order valence-electron chi connectivity index (χ3n) is 7.85. The predicted octanol–water partition coefficient (Wildman–Crippen LogP) is 6.97. The Morgan fingerprint density at radius 3 is 2.35 bits per heavy atom. The molecule has 2 nitrogen and oxygen atoms in total. The Kier molecular flexibility index (Phi) is 6.83. The number of hydrogen-bond donors (Lipinski definition) is 2. The van der Waals surface area contributed by atoms with Gasteiger partial charge in [0.05, 0.1) is 6.10 Å². The van der Waals surface area contributed by atoms with Crippen molar-refractivity contribution in [2.75, 3.05) is 6.26 Å². The van der Waals surface area contributed by atoms with Crippen molar-refractivity contribution in [3.8, 4) is 5.75 Å². The highest BCUT2D eigenvalue weighted by Gasteiger charge is 2.47. The molecule has 0 heterocycles. The summed E-state index contributed by atoms with van der Waals surface area (Å²) in [6, 6.07) is 12.6. The van der Waals surface area contributed by atoms with Gasteiger partial charge in [0.2, 0.25) is 0 Å². The highest BCUT2D eigenvalue weighted by Crippen LogP contribution is 2.55. The zero-order valence-electron chi connectivity index (χ0n) is 19.1. The second-order valence-corrected chi connectivity index (χ2v) is 10.6. The molecule has 2 N–H and O–H groups in total. The van der Waals surface area contributed by atoms with Crippen LogP contribution in [-0.2, 0) is 6.42 Å². The van der Waals surface area contributed by atoms with Gasteiger partial charge in [0.25, 0.3) is 0 Å². The molecule has 2 fully saturated rings. The molecule has 5 unspecified atom stereocenters. The molecule has 0 spiro atoms. The Balaban J connectivity index is 0.000000196. The van der Waals surface area contributed by atoms with Gasteiger partial charge in [-0.2, -0.15) is 0 Å².